The molecule has 3 aliphatic heterocycles. The molecule has 2 unspecified atom stereocenters. The van der Waals surface area contributed by atoms with Gasteiger partial charge in [-0.15, -0.1) is 0 Å². The van der Waals surface area contributed by atoms with Gasteiger partial charge in [-0.3, -0.25) is 41.4 Å². The summed E-state index contributed by atoms with van der Waals surface area (Å²) < 4.78 is 64.0. The number of aromatic amines is 1. The second-order valence-electron chi connectivity index (χ2n) is 10.6. The van der Waals surface area contributed by atoms with Crippen LogP contribution in [-0.2, 0) is 36.7 Å². The first-order valence-corrected chi connectivity index (χ1v) is 16.6. The highest BCUT2D eigenvalue weighted by atomic mass is 31.2. The van der Waals surface area contributed by atoms with Gasteiger partial charge in [-0.25, -0.2) is 34.0 Å². The Morgan fingerprint density at radius 1 is 0.913 bits per heavy atom. The zero-order valence-electron chi connectivity index (χ0n) is 23.1. The molecular formula is C22H24N10O12P2. The third-order valence-electron chi connectivity index (χ3n) is 7.87. The van der Waals surface area contributed by atoms with E-state index in [9.17, 15) is 28.8 Å². The van der Waals surface area contributed by atoms with Gasteiger partial charge in [0.2, 0.25) is 5.78 Å². The van der Waals surface area contributed by atoms with E-state index >= 15 is 0 Å². The molecule has 8 rings (SSSR count). The molecule has 6 N–H and O–H groups in total. The van der Waals surface area contributed by atoms with E-state index in [0.29, 0.717) is 11.2 Å². The third kappa shape index (κ3) is 4.95. The lowest BCUT2D eigenvalue weighted by Crippen LogP contribution is -2.35. The molecule has 0 aromatic carbocycles. The molecule has 22 nitrogen and oxygen atoms in total. The van der Waals surface area contributed by atoms with E-state index in [-0.39, 0.29) is 29.2 Å². The van der Waals surface area contributed by atoms with Crippen LogP contribution in [0.3, 0.4) is 0 Å². The van der Waals surface area contributed by atoms with Crippen LogP contribution in [0.1, 0.15) is 18.9 Å². The number of aliphatic hydroxyl groups is 1. The molecule has 5 aromatic rings. The molecule has 0 saturated carbocycles. The quantitative estimate of drug-likeness (QED) is 0.145. The van der Waals surface area contributed by atoms with Crippen molar-refractivity contribution in [1.82, 2.24) is 43.4 Å². The van der Waals surface area contributed by atoms with Crippen molar-refractivity contribution < 1.29 is 51.6 Å². The average molecular weight is 682 g/mol. The zero-order chi connectivity index (χ0) is 32.0. The number of fused-ring (bicyclic) bond motifs is 7. The molecular weight excluding hydrogens is 658 g/mol. The van der Waals surface area contributed by atoms with Gasteiger partial charge >= 0.3 is 15.6 Å². The molecule has 0 spiro atoms. The number of imidazole rings is 3. The number of H-pyrrole nitrogens is 1. The molecule has 9 atom stereocenters. The topological polar surface area (TPSA) is 288 Å². The number of aromatic nitrogens is 9. The van der Waals surface area contributed by atoms with Crippen LogP contribution >= 0.6 is 15.6 Å². The van der Waals surface area contributed by atoms with Gasteiger partial charge < -0.3 is 30.1 Å². The molecule has 8 heterocycles. The SMILES string of the molecule is Nc1ncnc2c1ncn2[C@H]1C[C@@H]2OP(=O)(O)OC[C@H]3O[C@@H](n4cnc5c(=O)[nH]c6nccn6c54)[C@H](OP(=O)(O)OC[C@H]2O1)[C@@H]3O. The summed E-state index contributed by atoms with van der Waals surface area (Å²) in [4.78, 5) is 57.1. The summed E-state index contributed by atoms with van der Waals surface area (Å²) in [5.41, 5.74) is 6.02. The fraction of sp³-hybridized carbons (Fsp3) is 0.455. The maximum Gasteiger partial charge on any atom is 0.472 e. The summed E-state index contributed by atoms with van der Waals surface area (Å²) in [5, 5.41) is 11.1. The zero-order valence-corrected chi connectivity index (χ0v) is 24.9. The van der Waals surface area contributed by atoms with Gasteiger partial charge in [0.05, 0.1) is 25.9 Å². The van der Waals surface area contributed by atoms with Gasteiger partial charge in [0, 0.05) is 18.8 Å². The lowest BCUT2D eigenvalue weighted by Gasteiger charge is -2.25. The Balaban J connectivity index is 1.12. The van der Waals surface area contributed by atoms with Crippen LogP contribution in [0.5, 0.6) is 0 Å². The molecule has 2 bridgehead atoms. The maximum absolute atomic E-state index is 13.3. The smallest absolute Gasteiger partial charge is 0.387 e. The van der Waals surface area contributed by atoms with E-state index in [1.807, 2.05) is 0 Å². The molecule has 0 radical (unpaired) electrons. The second kappa shape index (κ2) is 10.7. The minimum Gasteiger partial charge on any atom is -0.387 e. The van der Waals surface area contributed by atoms with Crippen molar-refractivity contribution in [3.05, 3.63) is 41.7 Å². The lowest BCUT2D eigenvalue weighted by atomic mass is 10.1. The van der Waals surface area contributed by atoms with Crippen LogP contribution in [0, 0.1) is 0 Å². The van der Waals surface area contributed by atoms with Crippen molar-refractivity contribution in [1.29, 1.82) is 0 Å². The summed E-state index contributed by atoms with van der Waals surface area (Å²) in [6.45, 7) is -1.37. The van der Waals surface area contributed by atoms with E-state index < -0.39 is 77.4 Å². The van der Waals surface area contributed by atoms with Crippen molar-refractivity contribution in [3.63, 3.8) is 0 Å². The minimum atomic E-state index is -5.01. The Kier molecular flexibility index (Phi) is 6.91. The first-order valence-electron chi connectivity index (χ1n) is 13.6. The molecule has 0 amide bonds. The fourth-order valence-corrected chi connectivity index (χ4v) is 7.69. The van der Waals surface area contributed by atoms with Crippen LogP contribution in [0.2, 0.25) is 0 Å². The molecule has 0 aliphatic carbocycles. The molecule has 3 fully saturated rings. The van der Waals surface area contributed by atoms with Crippen LogP contribution < -0.4 is 11.3 Å². The van der Waals surface area contributed by atoms with Crippen molar-refractivity contribution >= 4 is 49.6 Å². The molecule has 24 heteroatoms. The number of hydrogen-bond acceptors (Lipinski definition) is 16. The number of hydrogen-bond donors (Lipinski definition) is 5. The lowest BCUT2D eigenvalue weighted by molar-refractivity contribution is -0.0670. The number of phosphoric ester groups is 2. The Bertz CT molecular complexity index is 2130. The number of ether oxygens (including phenoxy) is 2. The highest BCUT2D eigenvalue weighted by Crippen LogP contribution is 2.53. The molecule has 244 valence electrons. The number of phosphoric acid groups is 2. The standard InChI is InChI=1S/C22H24N10O12P2/c23-17-13-18(26-6-25-17)31(7-27-13)12-3-9-10(41-12)4-39-46(37,38)44-16-15(33)11(5-40-45(35,36)43-9)42-21(16)32-8-28-14-19(34)29-22-24-1-2-30(22)20(14)32/h1-2,6-12,15-16,21,33H,3-5H2,(H,35,36)(H,37,38)(H2,23,25,26)(H,24,29,34)/t9-,10+,11+,12+,15+,16+,21+/m0/s1. The van der Waals surface area contributed by atoms with Crippen molar-refractivity contribution in [2.24, 2.45) is 0 Å². The van der Waals surface area contributed by atoms with Crippen LogP contribution in [0.4, 0.5) is 5.82 Å². The number of rotatable bonds is 2. The Morgan fingerprint density at radius 2 is 1.65 bits per heavy atom. The summed E-state index contributed by atoms with van der Waals surface area (Å²) in [7, 11) is -9.88. The predicted octanol–water partition coefficient (Wildman–Crippen LogP) is -0.642. The van der Waals surface area contributed by atoms with Crippen LogP contribution in [0.25, 0.3) is 28.1 Å². The monoisotopic (exact) mass is 682 g/mol. The number of nitrogens with two attached hydrogens (primary N) is 1. The van der Waals surface area contributed by atoms with Gasteiger partial charge in [-0.05, 0) is 0 Å². The first-order chi connectivity index (χ1) is 22.0. The molecule has 46 heavy (non-hydrogen) atoms. The van der Waals surface area contributed by atoms with E-state index in [0.717, 1.165) is 0 Å². The molecule has 3 aliphatic rings. The summed E-state index contributed by atoms with van der Waals surface area (Å²) in [6, 6.07) is 0. The molecule has 5 aromatic heterocycles. The van der Waals surface area contributed by atoms with E-state index in [1.54, 1.807) is 0 Å². The first kappa shape index (κ1) is 29.7. The van der Waals surface area contributed by atoms with Crippen LogP contribution in [0.15, 0.2) is 36.2 Å². The highest BCUT2D eigenvalue weighted by molar-refractivity contribution is 7.47. The second-order valence-corrected chi connectivity index (χ2v) is 13.5. The summed E-state index contributed by atoms with van der Waals surface area (Å²) in [6.07, 6.45) is -2.67. The number of nitrogen functional groups attached to an aromatic ring is 1. The van der Waals surface area contributed by atoms with Gasteiger partial charge in [0.15, 0.2) is 28.9 Å². The maximum atomic E-state index is 13.3. The normalized spacial score (nSPS) is 35.7. The van der Waals surface area contributed by atoms with Gasteiger partial charge in [0.25, 0.3) is 5.56 Å². The van der Waals surface area contributed by atoms with E-state index in [4.69, 9.17) is 33.3 Å². The van der Waals surface area contributed by atoms with Crippen molar-refractivity contribution in [2.45, 2.75) is 49.4 Å². The minimum absolute atomic E-state index is 0.0352. The number of nitrogens with one attached hydrogen (secondary N) is 1. The Labute approximate surface area is 254 Å². The third-order valence-corrected chi connectivity index (χ3v) is 9.87. The Morgan fingerprint density at radius 3 is 2.48 bits per heavy atom. The number of anilines is 1. The predicted molar refractivity (Wildman–Crippen MR) is 149 cm³/mol. The number of nitrogens with zero attached hydrogens (tertiary/aromatic N) is 8. The van der Waals surface area contributed by atoms with Gasteiger partial charge in [0.1, 0.15) is 48.6 Å². The van der Waals surface area contributed by atoms with E-state index in [2.05, 4.69) is 29.9 Å². The summed E-state index contributed by atoms with van der Waals surface area (Å²) >= 11 is 0. The van der Waals surface area contributed by atoms with Crippen molar-refractivity contribution in [2.75, 3.05) is 18.9 Å². The summed E-state index contributed by atoms with van der Waals surface area (Å²) in [5.74, 6) is 0.286. The number of aliphatic hydroxyl groups excluding tert-OH is 1. The van der Waals surface area contributed by atoms with Crippen LogP contribution in [-0.4, -0.2) is 102 Å². The van der Waals surface area contributed by atoms with Gasteiger partial charge in [-0.2, -0.15) is 0 Å². The fourth-order valence-electron chi connectivity index (χ4n) is 5.79. The highest BCUT2D eigenvalue weighted by Gasteiger charge is 2.52. The Hall–Kier alpha value is -3.66. The molecule has 3 saturated heterocycles. The largest absolute Gasteiger partial charge is 0.472 e. The average Bonchev–Trinajstić information content (AvgIpc) is 3.82. The van der Waals surface area contributed by atoms with E-state index in [1.165, 1.54) is 44.9 Å². The van der Waals surface area contributed by atoms with Crippen molar-refractivity contribution in [3.8, 4) is 0 Å². The van der Waals surface area contributed by atoms with Gasteiger partial charge in [-0.1, -0.05) is 0 Å².